The molecule has 0 spiro atoms. The summed E-state index contributed by atoms with van der Waals surface area (Å²) in [5.74, 6) is -1.39. The Balaban J connectivity index is 2.06. The molecule has 1 aliphatic heterocycles. The molecule has 5 rings (SSSR count). The minimum atomic E-state index is -1.37. The molecule has 3 aromatic carbocycles. The first-order valence-electron chi connectivity index (χ1n) is 8.91. The fraction of sp³-hybridized carbons (Fsp3) is 0.0909. The van der Waals surface area contributed by atoms with Crippen LogP contribution in [0.4, 0.5) is 10.1 Å². The maximum Gasteiger partial charge on any atom is 0.341 e. The summed E-state index contributed by atoms with van der Waals surface area (Å²) in [6.07, 6.45) is 1.29. The number of aromatic nitrogens is 1. The molecule has 144 valence electrons. The summed E-state index contributed by atoms with van der Waals surface area (Å²) in [5, 5.41) is 11.3. The van der Waals surface area contributed by atoms with E-state index < -0.39 is 22.8 Å². The lowest BCUT2D eigenvalue weighted by Crippen LogP contribution is -2.22. The van der Waals surface area contributed by atoms with Gasteiger partial charge in [0.1, 0.15) is 16.8 Å². The molecule has 0 saturated carbocycles. The molecule has 0 atom stereocenters. The SMILES string of the molecule is CN(C)c1c(F)cc2c(=O)c(C(=O)O)cn3c2c1Oc1ccc2ccccc2c1-3. The number of carboxylic acid groups (broad SMARTS) is 1. The second kappa shape index (κ2) is 5.81. The van der Waals surface area contributed by atoms with Crippen LogP contribution in [0, 0.1) is 5.82 Å². The van der Waals surface area contributed by atoms with Gasteiger partial charge in [0.2, 0.25) is 5.43 Å². The summed E-state index contributed by atoms with van der Waals surface area (Å²) in [5.41, 5.74) is -0.0383. The third kappa shape index (κ3) is 2.27. The molecule has 0 bridgehead atoms. The molecular weight excluding hydrogens is 375 g/mol. The lowest BCUT2D eigenvalue weighted by molar-refractivity contribution is 0.0695. The number of aromatic carboxylic acids is 1. The van der Waals surface area contributed by atoms with Crippen LogP contribution in [0.5, 0.6) is 11.5 Å². The molecule has 1 aromatic heterocycles. The second-order valence-electron chi connectivity index (χ2n) is 7.11. The lowest BCUT2D eigenvalue weighted by atomic mass is 10.0. The van der Waals surface area contributed by atoms with Crippen LogP contribution < -0.4 is 15.1 Å². The lowest BCUT2D eigenvalue weighted by Gasteiger charge is -2.28. The number of carbonyl (C=O) groups is 1. The molecule has 6 nitrogen and oxygen atoms in total. The van der Waals surface area contributed by atoms with Gasteiger partial charge in [-0.25, -0.2) is 9.18 Å². The molecule has 29 heavy (non-hydrogen) atoms. The summed E-state index contributed by atoms with van der Waals surface area (Å²) in [6, 6.07) is 12.3. The van der Waals surface area contributed by atoms with Gasteiger partial charge in [-0.3, -0.25) is 4.79 Å². The quantitative estimate of drug-likeness (QED) is 0.490. The van der Waals surface area contributed by atoms with Crippen molar-refractivity contribution in [2.75, 3.05) is 19.0 Å². The van der Waals surface area contributed by atoms with E-state index in [1.54, 1.807) is 29.6 Å². The Morgan fingerprint density at radius 2 is 1.90 bits per heavy atom. The predicted molar refractivity (Wildman–Crippen MR) is 108 cm³/mol. The van der Waals surface area contributed by atoms with E-state index in [0.29, 0.717) is 17.0 Å². The summed E-state index contributed by atoms with van der Waals surface area (Å²) < 4.78 is 22.6. The Kier molecular flexibility index (Phi) is 3.46. The van der Waals surface area contributed by atoms with Crippen LogP contribution in [0.2, 0.25) is 0 Å². The summed E-state index contributed by atoms with van der Waals surface area (Å²) in [4.78, 5) is 26.1. The standard InChI is InChI=1S/C22H15FN2O4/c1-24(2)19-15(23)9-13-18-21(19)29-16-8-7-11-5-3-4-6-12(11)17(16)25(18)10-14(20(13)26)22(27)28/h3-10H,1-2H3,(H,27,28). The maximum atomic E-state index is 14.9. The van der Waals surface area contributed by atoms with Gasteiger partial charge in [-0.1, -0.05) is 30.3 Å². The highest BCUT2D eigenvalue weighted by atomic mass is 19.1. The van der Waals surface area contributed by atoms with Crippen LogP contribution in [-0.4, -0.2) is 29.7 Å². The monoisotopic (exact) mass is 390 g/mol. The smallest absolute Gasteiger partial charge is 0.341 e. The molecular formula is C22H15FN2O4. The molecule has 0 saturated heterocycles. The van der Waals surface area contributed by atoms with Crippen molar-refractivity contribution in [3.63, 3.8) is 0 Å². The first kappa shape index (κ1) is 17.2. The molecule has 0 aliphatic carbocycles. The van der Waals surface area contributed by atoms with Gasteiger partial charge >= 0.3 is 5.97 Å². The van der Waals surface area contributed by atoms with E-state index in [9.17, 15) is 19.1 Å². The number of rotatable bonds is 2. The largest absolute Gasteiger partial charge is 0.477 e. The number of anilines is 1. The van der Waals surface area contributed by atoms with Crippen molar-refractivity contribution in [1.82, 2.24) is 4.57 Å². The van der Waals surface area contributed by atoms with Gasteiger partial charge in [-0.2, -0.15) is 0 Å². The normalized spacial score (nSPS) is 12.0. The van der Waals surface area contributed by atoms with Crippen LogP contribution in [0.25, 0.3) is 27.4 Å². The van der Waals surface area contributed by atoms with Crippen molar-refractivity contribution in [2.24, 2.45) is 0 Å². The number of hydrogen-bond acceptors (Lipinski definition) is 4. The van der Waals surface area contributed by atoms with Crippen molar-refractivity contribution < 1.29 is 19.0 Å². The first-order valence-corrected chi connectivity index (χ1v) is 8.91. The van der Waals surface area contributed by atoms with Gasteiger partial charge in [0.25, 0.3) is 0 Å². The minimum absolute atomic E-state index is 0.0402. The van der Waals surface area contributed by atoms with Crippen molar-refractivity contribution in [3.8, 4) is 17.2 Å². The number of carboxylic acids is 1. The summed E-state index contributed by atoms with van der Waals surface area (Å²) >= 11 is 0. The number of pyridine rings is 1. The molecule has 0 unspecified atom stereocenters. The molecule has 7 heteroatoms. The third-order valence-corrected chi connectivity index (χ3v) is 5.17. The number of nitrogens with zero attached hydrogens (tertiary/aromatic N) is 2. The van der Waals surface area contributed by atoms with Crippen LogP contribution in [-0.2, 0) is 0 Å². The Morgan fingerprint density at radius 1 is 1.14 bits per heavy atom. The second-order valence-corrected chi connectivity index (χ2v) is 7.11. The molecule has 1 N–H and O–H groups in total. The summed E-state index contributed by atoms with van der Waals surface area (Å²) in [6.45, 7) is 0. The van der Waals surface area contributed by atoms with Crippen LogP contribution in [0.3, 0.4) is 0 Å². The Morgan fingerprint density at radius 3 is 2.62 bits per heavy atom. The van der Waals surface area contributed by atoms with Gasteiger partial charge < -0.3 is 19.3 Å². The highest BCUT2D eigenvalue weighted by Gasteiger charge is 2.29. The first-order chi connectivity index (χ1) is 13.9. The number of fused-ring (bicyclic) bond motifs is 4. The van der Waals surface area contributed by atoms with E-state index in [-0.39, 0.29) is 16.8 Å². The predicted octanol–water partition coefficient (Wildman–Crippen LogP) is 4.15. The Bertz CT molecular complexity index is 1420. The average Bonchev–Trinajstić information content (AvgIpc) is 2.68. The van der Waals surface area contributed by atoms with Gasteiger partial charge in [0.05, 0.1) is 11.1 Å². The fourth-order valence-electron chi connectivity index (χ4n) is 3.93. The van der Waals surface area contributed by atoms with Crippen LogP contribution in [0.15, 0.2) is 53.5 Å². The molecule has 0 amide bonds. The van der Waals surface area contributed by atoms with Crippen LogP contribution >= 0.6 is 0 Å². The topological polar surface area (TPSA) is 71.8 Å². The van der Waals surface area contributed by atoms with Gasteiger partial charge in [0.15, 0.2) is 17.3 Å². The zero-order valence-electron chi connectivity index (χ0n) is 15.6. The zero-order valence-corrected chi connectivity index (χ0v) is 15.6. The number of benzene rings is 3. The molecule has 0 fully saturated rings. The van der Waals surface area contributed by atoms with Crippen molar-refractivity contribution in [2.45, 2.75) is 0 Å². The van der Waals surface area contributed by atoms with Crippen LogP contribution in [0.1, 0.15) is 10.4 Å². The number of ether oxygens (including phenoxy) is 1. The summed E-state index contributed by atoms with van der Waals surface area (Å²) in [7, 11) is 3.35. The Hall–Kier alpha value is -3.87. The van der Waals surface area contributed by atoms with E-state index in [1.165, 1.54) is 6.20 Å². The van der Waals surface area contributed by atoms with E-state index in [0.717, 1.165) is 16.8 Å². The van der Waals surface area contributed by atoms with Gasteiger partial charge in [-0.05, 0) is 17.5 Å². The highest BCUT2D eigenvalue weighted by molar-refractivity contribution is 6.02. The van der Waals surface area contributed by atoms with E-state index in [4.69, 9.17) is 4.74 Å². The zero-order chi connectivity index (χ0) is 20.4. The average molecular weight is 390 g/mol. The van der Waals surface area contributed by atoms with E-state index >= 15 is 0 Å². The Labute approximate surface area is 164 Å². The molecule has 4 aromatic rings. The number of halogens is 1. The fourth-order valence-corrected chi connectivity index (χ4v) is 3.93. The van der Waals surface area contributed by atoms with Gasteiger partial charge in [0, 0.05) is 25.7 Å². The van der Waals surface area contributed by atoms with E-state index in [1.807, 2.05) is 30.3 Å². The third-order valence-electron chi connectivity index (χ3n) is 5.17. The number of hydrogen-bond donors (Lipinski definition) is 1. The molecule has 0 radical (unpaired) electrons. The highest BCUT2D eigenvalue weighted by Crippen LogP contribution is 2.47. The van der Waals surface area contributed by atoms with Gasteiger partial charge in [-0.15, -0.1) is 0 Å². The van der Waals surface area contributed by atoms with Crippen molar-refractivity contribution in [1.29, 1.82) is 0 Å². The van der Waals surface area contributed by atoms with E-state index in [2.05, 4.69) is 0 Å². The maximum absolute atomic E-state index is 14.9. The molecule has 2 heterocycles. The van der Waals surface area contributed by atoms with Crippen molar-refractivity contribution >= 4 is 33.3 Å². The minimum Gasteiger partial charge on any atom is -0.477 e. The molecule has 1 aliphatic rings. The van der Waals surface area contributed by atoms with Crippen molar-refractivity contribution in [3.05, 3.63) is 70.3 Å².